The van der Waals surface area contributed by atoms with Crippen LogP contribution >= 0.6 is 12.4 Å². The molecule has 2 fully saturated rings. The van der Waals surface area contributed by atoms with E-state index < -0.39 is 0 Å². The smallest absolute Gasteiger partial charge is 0.237 e. The van der Waals surface area contributed by atoms with Crippen LogP contribution < -0.4 is 15.4 Å². The zero-order valence-corrected chi connectivity index (χ0v) is 16.1. The maximum atomic E-state index is 12.4. The molecule has 1 aromatic carbocycles. The van der Waals surface area contributed by atoms with Crippen molar-refractivity contribution in [3.05, 3.63) is 29.8 Å². The number of nitrogens with one attached hydrogen (secondary N) is 2. The maximum absolute atomic E-state index is 12.4. The molecule has 0 radical (unpaired) electrons. The van der Waals surface area contributed by atoms with Crippen LogP contribution in [0.15, 0.2) is 24.3 Å². The number of methoxy groups -OCH3 is 1. The van der Waals surface area contributed by atoms with Crippen molar-refractivity contribution < 1.29 is 9.53 Å². The van der Waals surface area contributed by atoms with Crippen molar-refractivity contribution >= 4 is 18.3 Å². The van der Waals surface area contributed by atoms with E-state index in [1.165, 1.54) is 31.2 Å². The lowest BCUT2D eigenvalue weighted by Gasteiger charge is -2.24. The minimum absolute atomic E-state index is 0. The van der Waals surface area contributed by atoms with Crippen molar-refractivity contribution in [2.45, 2.75) is 63.5 Å². The fourth-order valence-corrected chi connectivity index (χ4v) is 4.16. The van der Waals surface area contributed by atoms with E-state index >= 15 is 0 Å². The first-order valence-electron chi connectivity index (χ1n) is 9.35. The van der Waals surface area contributed by atoms with Gasteiger partial charge in [-0.3, -0.25) is 4.79 Å². The molecule has 4 unspecified atom stereocenters. The molecule has 1 heterocycles. The number of hydrogen-bond acceptors (Lipinski definition) is 3. The molecular formula is C20H31ClN2O2. The molecule has 3 rings (SSSR count). The summed E-state index contributed by atoms with van der Waals surface area (Å²) in [6.45, 7) is 2.94. The molecule has 1 amide bonds. The summed E-state index contributed by atoms with van der Waals surface area (Å²) in [6.07, 6.45) is 7.14. The second-order valence-corrected chi connectivity index (χ2v) is 7.36. The molecule has 1 aliphatic carbocycles. The van der Waals surface area contributed by atoms with E-state index in [1.807, 2.05) is 12.1 Å². The van der Waals surface area contributed by atoms with Crippen molar-refractivity contribution in [1.29, 1.82) is 0 Å². The molecule has 1 saturated heterocycles. The van der Waals surface area contributed by atoms with Gasteiger partial charge in [0.2, 0.25) is 5.91 Å². The first-order valence-corrected chi connectivity index (χ1v) is 9.35. The summed E-state index contributed by atoms with van der Waals surface area (Å²) < 4.78 is 5.19. The summed E-state index contributed by atoms with van der Waals surface area (Å²) in [4.78, 5) is 12.4. The van der Waals surface area contributed by atoms with Crippen LogP contribution in [0.25, 0.3) is 0 Å². The predicted octanol–water partition coefficient (Wildman–Crippen LogP) is 3.65. The largest absolute Gasteiger partial charge is 0.497 e. The lowest BCUT2D eigenvalue weighted by Crippen LogP contribution is -2.43. The Morgan fingerprint density at radius 2 is 2.00 bits per heavy atom. The zero-order valence-electron chi connectivity index (χ0n) is 15.3. The number of halogens is 1. The second kappa shape index (κ2) is 9.44. The summed E-state index contributed by atoms with van der Waals surface area (Å²) in [7, 11) is 1.68. The van der Waals surface area contributed by atoms with Gasteiger partial charge >= 0.3 is 0 Å². The van der Waals surface area contributed by atoms with Crippen molar-refractivity contribution in [2.75, 3.05) is 13.7 Å². The number of carbonyl (C=O) groups is 1. The normalized spacial score (nSPS) is 26.2. The number of amides is 1. The lowest BCUT2D eigenvalue weighted by molar-refractivity contribution is -0.122. The van der Waals surface area contributed by atoms with Gasteiger partial charge in [0, 0.05) is 12.6 Å². The Morgan fingerprint density at radius 3 is 2.68 bits per heavy atom. The molecule has 25 heavy (non-hydrogen) atoms. The third-order valence-electron chi connectivity index (χ3n) is 5.74. The molecule has 0 bridgehead atoms. The highest BCUT2D eigenvalue weighted by Gasteiger charge is 2.37. The Bertz CT molecular complexity index is 535. The van der Waals surface area contributed by atoms with E-state index in [2.05, 4.69) is 29.7 Å². The van der Waals surface area contributed by atoms with E-state index in [1.54, 1.807) is 7.11 Å². The van der Waals surface area contributed by atoms with Crippen LogP contribution in [0.1, 0.15) is 56.9 Å². The molecule has 4 nitrogen and oxygen atoms in total. The van der Waals surface area contributed by atoms with Gasteiger partial charge in [-0.05, 0) is 55.2 Å². The Morgan fingerprint density at radius 1 is 1.28 bits per heavy atom. The van der Waals surface area contributed by atoms with Gasteiger partial charge in [0.1, 0.15) is 5.75 Å². The molecule has 4 atom stereocenters. The standard InChI is InChI=1S/C20H30N2O2.ClH/c1-14(15-7-9-17(24-2)10-8-15)11-12-21-20(23)19-13-16-5-3-4-6-18(16)22-19;/h7-10,14,16,18-19,22H,3-6,11-13H2,1-2H3,(H,21,23);1H. The highest BCUT2D eigenvalue weighted by Crippen LogP contribution is 2.33. The minimum Gasteiger partial charge on any atom is -0.497 e. The monoisotopic (exact) mass is 366 g/mol. The van der Waals surface area contributed by atoms with E-state index in [-0.39, 0.29) is 24.4 Å². The van der Waals surface area contributed by atoms with Gasteiger partial charge in [-0.2, -0.15) is 0 Å². The van der Waals surface area contributed by atoms with Gasteiger partial charge in [-0.1, -0.05) is 31.9 Å². The van der Waals surface area contributed by atoms with Gasteiger partial charge in [0.05, 0.1) is 13.2 Å². The van der Waals surface area contributed by atoms with Crippen LogP contribution in [0.3, 0.4) is 0 Å². The molecule has 5 heteroatoms. The summed E-state index contributed by atoms with van der Waals surface area (Å²) >= 11 is 0. The van der Waals surface area contributed by atoms with Crippen LogP contribution in [0.2, 0.25) is 0 Å². The van der Waals surface area contributed by atoms with E-state index in [4.69, 9.17) is 4.74 Å². The van der Waals surface area contributed by atoms with Crippen LogP contribution in [0.5, 0.6) is 5.75 Å². The van der Waals surface area contributed by atoms with Crippen molar-refractivity contribution in [2.24, 2.45) is 5.92 Å². The van der Waals surface area contributed by atoms with Gasteiger partial charge in [0.25, 0.3) is 0 Å². The van der Waals surface area contributed by atoms with Crippen molar-refractivity contribution in [3.8, 4) is 5.75 Å². The molecule has 0 aromatic heterocycles. The first-order chi connectivity index (χ1) is 11.7. The van der Waals surface area contributed by atoms with Gasteiger partial charge in [-0.15, -0.1) is 12.4 Å². The third-order valence-corrected chi connectivity index (χ3v) is 5.74. The van der Waals surface area contributed by atoms with Crippen LogP contribution in [0, 0.1) is 5.92 Å². The summed E-state index contributed by atoms with van der Waals surface area (Å²) in [5.41, 5.74) is 1.29. The quantitative estimate of drug-likeness (QED) is 0.808. The Hall–Kier alpha value is -1.26. The minimum atomic E-state index is 0. The third kappa shape index (κ3) is 5.11. The van der Waals surface area contributed by atoms with Crippen LogP contribution in [-0.2, 0) is 4.79 Å². The van der Waals surface area contributed by atoms with Crippen molar-refractivity contribution in [3.63, 3.8) is 0 Å². The van der Waals surface area contributed by atoms with Crippen LogP contribution in [-0.4, -0.2) is 31.6 Å². The van der Waals surface area contributed by atoms with E-state index in [9.17, 15) is 4.79 Å². The summed E-state index contributed by atoms with van der Waals surface area (Å²) in [5, 5.41) is 6.68. The molecule has 0 spiro atoms. The Kier molecular flexibility index (Phi) is 7.57. The van der Waals surface area contributed by atoms with Gasteiger partial charge in [-0.25, -0.2) is 0 Å². The molecule has 1 saturated carbocycles. The van der Waals surface area contributed by atoms with Crippen LogP contribution in [0.4, 0.5) is 0 Å². The fourth-order valence-electron chi connectivity index (χ4n) is 4.16. The molecule has 140 valence electrons. The fraction of sp³-hybridized carbons (Fsp3) is 0.650. The number of rotatable bonds is 6. The predicted molar refractivity (Wildman–Crippen MR) is 104 cm³/mol. The van der Waals surface area contributed by atoms with E-state index in [0.717, 1.165) is 25.1 Å². The molecule has 1 aliphatic heterocycles. The molecule has 2 aliphatic rings. The number of fused-ring (bicyclic) bond motifs is 1. The van der Waals surface area contributed by atoms with Gasteiger partial charge in [0.15, 0.2) is 0 Å². The number of ether oxygens (including phenoxy) is 1. The molecule has 1 aromatic rings. The van der Waals surface area contributed by atoms with E-state index in [0.29, 0.717) is 17.9 Å². The number of benzene rings is 1. The lowest BCUT2D eigenvalue weighted by atomic mass is 9.85. The van der Waals surface area contributed by atoms with Gasteiger partial charge < -0.3 is 15.4 Å². The molecular weight excluding hydrogens is 336 g/mol. The average Bonchev–Trinajstić information content (AvgIpc) is 3.06. The first kappa shape index (κ1) is 20.1. The SMILES string of the molecule is COc1ccc(C(C)CCNC(=O)C2CC3CCCCC3N2)cc1.Cl. The summed E-state index contributed by atoms with van der Waals surface area (Å²) in [6, 6.07) is 8.80. The zero-order chi connectivity index (χ0) is 16.9. The highest BCUT2D eigenvalue weighted by molar-refractivity contribution is 5.85. The second-order valence-electron chi connectivity index (χ2n) is 7.36. The number of hydrogen-bond donors (Lipinski definition) is 2. The maximum Gasteiger partial charge on any atom is 0.237 e. The Labute approximate surface area is 157 Å². The Balaban J connectivity index is 0.00000225. The molecule has 2 N–H and O–H groups in total. The number of carbonyl (C=O) groups excluding carboxylic acids is 1. The topological polar surface area (TPSA) is 50.4 Å². The average molecular weight is 367 g/mol. The van der Waals surface area contributed by atoms with Crippen molar-refractivity contribution in [1.82, 2.24) is 10.6 Å². The highest BCUT2D eigenvalue weighted by atomic mass is 35.5. The summed E-state index contributed by atoms with van der Waals surface area (Å²) in [5.74, 6) is 2.21.